The first-order valence-corrected chi connectivity index (χ1v) is 3.49. The summed E-state index contributed by atoms with van der Waals surface area (Å²) in [6.45, 7) is 0.543. The summed E-state index contributed by atoms with van der Waals surface area (Å²) < 4.78 is 1.03. The summed E-state index contributed by atoms with van der Waals surface area (Å²) in [6.07, 6.45) is 0. The lowest BCUT2D eigenvalue weighted by molar-refractivity contribution is 1.06. The average molecular weight is 185 g/mol. The molecule has 1 aromatic rings. The molecule has 47 valence electrons. The van der Waals surface area contributed by atoms with Crippen LogP contribution in [0.5, 0.6) is 0 Å². The van der Waals surface area contributed by atoms with Gasteiger partial charge in [0, 0.05) is 11.0 Å². The van der Waals surface area contributed by atoms with Gasteiger partial charge in [0.15, 0.2) is 0 Å². The van der Waals surface area contributed by atoms with Gasteiger partial charge in [-0.25, -0.2) is 0 Å². The molecule has 0 heterocycles. The van der Waals surface area contributed by atoms with Crippen LogP contribution in [0, 0.1) is 6.07 Å². The van der Waals surface area contributed by atoms with Crippen molar-refractivity contribution >= 4 is 15.9 Å². The maximum atomic E-state index is 5.39. The zero-order valence-corrected chi connectivity index (χ0v) is 6.48. The van der Waals surface area contributed by atoms with E-state index in [0.717, 1.165) is 10.0 Å². The van der Waals surface area contributed by atoms with Crippen molar-refractivity contribution in [2.24, 2.45) is 5.73 Å². The zero-order valence-electron chi connectivity index (χ0n) is 4.89. The van der Waals surface area contributed by atoms with Crippen molar-refractivity contribution in [3.63, 3.8) is 0 Å². The summed E-state index contributed by atoms with van der Waals surface area (Å²) in [6, 6.07) is 8.75. The standard InChI is InChI=1S/C7H7BrN/c8-7-4-2-1-3-6(7)5-9/h1-2,4H,5,9H2. The molecular weight excluding hydrogens is 178 g/mol. The van der Waals surface area contributed by atoms with Gasteiger partial charge in [0.05, 0.1) is 0 Å². The van der Waals surface area contributed by atoms with Crippen LogP contribution in [0.25, 0.3) is 0 Å². The molecule has 2 N–H and O–H groups in total. The molecule has 0 spiro atoms. The summed E-state index contributed by atoms with van der Waals surface area (Å²) in [7, 11) is 0. The highest BCUT2D eigenvalue weighted by Crippen LogP contribution is 2.13. The van der Waals surface area contributed by atoms with Crippen LogP contribution in [0.15, 0.2) is 22.7 Å². The first-order chi connectivity index (χ1) is 4.34. The molecule has 9 heavy (non-hydrogen) atoms. The topological polar surface area (TPSA) is 26.0 Å². The van der Waals surface area contributed by atoms with Gasteiger partial charge in [0.2, 0.25) is 0 Å². The van der Waals surface area contributed by atoms with E-state index < -0.39 is 0 Å². The maximum absolute atomic E-state index is 5.39. The second kappa shape index (κ2) is 2.99. The monoisotopic (exact) mass is 184 g/mol. The van der Waals surface area contributed by atoms with E-state index in [9.17, 15) is 0 Å². The van der Waals surface area contributed by atoms with E-state index in [1.807, 2.05) is 18.2 Å². The summed E-state index contributed by atoms with van der Waals surface area (Å²) >= 11 is 3.35. The van der Waals surface area contributed by atoms with E-state index in [1.165, 1.54) is 0 Å². The minimum atomic E-state index is 0.543. The Labute approximate surface area is 63.0 Å². The highest BCUT2D eigenvalue weighted by Gasteiger charge is 1.92. The number of hydrogen-bond donors (Lipinski definition) is 1. The van der Waals surface area contributed by atoms with Gasteiger partial charge in [0.1, 0.15) is 0 Å². The zero-order chi connectivity index (χ0) is 6.69. The Balaban J connectivity index is 3.01. The van der Waals surface area contributed by atoms with Gasteiger partial charge in [-0.1, -0.05) is 28.1 Å². The number of benzene rings is 1. The fraction of sp³-hybridized carbons (Fsp3) is 0.143. The van der Waals surface area contributed by atoms with Gasteiger partial charge < -0.3 is 5.73 Å². The number of nitrogens with two attached hydrogens (primary N) is 1. The molecule has 1 radical (unpaired) electrons. The van der Waals surface area contributed by atoms with Gasteiger partial charge >= 0.3 is 0 Å². The van der Waals surface area contributed by atoms with Crippen LogP contribution in [0.4, 0.5) is 0 Å². The number of halogens is 1. The number of rotatable bonds is 1. The highest BCUT2D eigenvalue weighted by molar-refractivity contribution is 9.10. The summed E-state index contributed by atoms with van der Waals surface area (Å²) in [5.74, 6) is 0. The molecule has 0 saturated carbocycles. The van der Waals surface area contributed by atoms with Crippen molar-refractivity contribution in [3.05, 3.63) is 34.3 Å². The Morgan fingerprint density at radius 1 is 1.67 bits per heavy atom. The van der Waals surface area contributed by atoms with Gasteiger partial charge in [-0.05, 0) is 17.7 Å². The van der Waals surface area contributed by atoms with Crippen LogP contribution in [-0.2, 0) is 6.54 Å². The second-order valence-corrected chi connectivity index (χ2v) is 2.56. The lowest BCUT2D eigenvalue weighted by atomic mass is 10.2. The van der Waals surface area contributed by atoms with Gasteiger partial charge in [0.25, 0.3) is 0 Å². The van der Waals surface area contributed by atoms with Crippen molar-refractivity contribution in [3.8, 4) is 0 Å². The van der Waals surface area contributed by atoms with E-state index in [1.54, 1.807) is 0 Å². The van der Waals surface area contributed by atoms with Gasteiger partial charge in [-0.3, -0.25) is 0 Å². The third-order valence-corrected chi connectivity index (χ3v) is 1.83. The molecule has 0 saturated heterocycles. The molecule has 0 fully saturated rings. The number of hydrogen-bond acceptors (Lipinski definition) is 1. The Bertz CT molecular complexity index is 198. The molecule has 0 aromatic heterocycles. The fourth-order valence-electron chi connectivity index (χ4n) is 0.607. The van der Waals surface area contributed by atoms with E-state index >= 15 is 0 Å². The van der Waals surface area contributed by atoms with Crippen LogP contribution in [0.2, 0.25) is 0 Å². The first kappa shape index (κ1) is 6.78. The minimum absolute atomic E-state index is 0.543. The molecule has 0 unspecified atom stereocenters. The smallest absolute Gasteiger partial charge is 0.0226 e. The molecule has 0 aliphatic rings. The quantitative estimate of drug-likeness (QED) is 0.707. The molecule has 1 aromatic carbocycles. The third-order valence-electron chi connectivity index (χ3n) is 1.09. The van der Waals surface area contributed by atoms with Crippen LogP contribution in [-0.4, -0.2) is 0 Å². The van der Waals surface area contributed by atoms with E-state index in [4.69, 9.17) is 5.73 Å². The van der Waals surface area contributed by atoms with Crippen molar-refractivity contribution in [2.75, 3.05) is 0 Å². The van der Waals surface area contributed by atoms with Crippen LogP contribution in [0.3, 0.4) is 0 Å². The summed E-state index contributed by atoms with van der Waals surface area (Å²) in [4.78, 5) is 0. The third kappa shape index (κ3) is 1.53. The van der Waals surface area contributed by atoms with Crippen molar-refractivity contribution < 1.29 is 0 Å². The lowest BCUT2D eigenvalue weighted by Crippen LogP contribution is -1.96. The molecule has 0 bridgehead atoms. The van der Waals surface area contributed by atoms with Crippen molar-refractivity contribution in [2.45, 2.75) is 6.54 Å². The molecule has 1 nitrogen and oxygen atoms in total. The highest BCUT2D eigenvalue weighted by atomic mass is 79.9. The molecule has 2 heteroatoms. The largest absolute Gasteiger partial charge is 0.326 e. The molecule has 0 amide bonds. The Morgan fingerprint density at radius 3 is 2.89 bits per heavy atom. The molecule has 0 aliphatic heterocycles. The maximum Gasteiger partial charge on any atom is 0.0226 e. The molecular formula is C7H7BrN. The predicted octanol–water partition coefficient (Wildman–Crippen LogP) is 1.71. The predicted molar refractivity (Wildman–Crippen MR) is 40.9 cm³/mol. The van der Waals surface area contributed by atoms with Crippen molar-refractivity contribution in [1.29, 1.82) is 0 Å². The normalized spacial score (nSPS) is 9.56. The second-order valence-electron chi connectivity index (χ2n) is 1.70. The Kier molecular flexibility index (Phi) is 2.25. The van der Waals surface area contributed by atoms with E-state index in [0.29, 0.717) is 6.54 Å². The van der Waals surface area contributed by atoms with Crippen LogP contribution in [0.1, 0.15) is 5.56 Å². The fourth-order valence-corrected chi connectivity index (χ4v) is 1.04. The Morgan fingerprint density at radius 2 is 2.44 bits per heavy atom. The Hall–Kier alpha value is -0.340. The van der Waals surface area contributed by atoms with E-state index in [-0.39, 0.29) is 0 Å². The first-order valence-electron chi connectivity index (χ1n) is 2.69. The molecule has 0 atom stereocenters. The average Bonchev–Trinajstić information content (AvgIpc) is 1.89. The van der Waals surface area contributed by atoms with Crippen molar-refractivity contribution in [1.82, 2.24) is 0 Å². The lowest BCUT2D eigenvalue weighted by Gasteiger charge is -1.96. The SMILES string of the molecule is NCc1[c]cccc1Br. The minimum Gasteiger partial charge on any atom is -0.326 e. The molecule has 1 rings (SSSR count). The van der Waals surface area contributed by atoms with Crippen LogP contribution >= 0.6 is 15.9 Å². The molecule has 0 aliphatic carbocycles. The summed E-state index contributed by atoms with van der Waals surface area (Å²) in [5.41, 5.74) is 6.41. The van der Waals surface area contributed by atoms with Gasteiger partial charge in [-0.2, -0.15) is 0 Å². The van der Waals surface area contributed by atoms with E-state index in [2.05, 4.69) is 22.0 Å². The van der Waals surface area contributed by atoms with Crippen LogP contribution < -0.4 is 5.73 Å². The van der Waals surface area contributed by atoms with Gasteiger partial charge in [-0.15, -0.1) is 0 Å². The summed E-state index contributed by atoms with van der Waals surface area (Å²) in [5, 5.41) is 0.